The minimum atomic E-state index is -0.392. The second-order valence-electron chi connectivity index (χ2n) is 8.16. The van der Waals surface area contributed by atoms with E-state index in [2.05, 4.69) is 9.69 Å². The van der Waals surface area contributed by atoms with Gasteiger partial charge in [0.15, 0.2) is 11.5 Å². The van der Waals surface area contributed by atoms with Gasteiger partial charge in [0.2, 0.25) is 5.75 Å². The Kier molecular flexibility index (Phi) is 10.4. The van der Waals surface area contributed by atoms with Crippen molar-refractivity contribution in [3.05, 3.63) is 72.4 Å². The molecule has 1 heterocycles. The third-order valence-corrected chi connectivity index (χ3v) is 6.73. The molecule has 2 amide bonds. The lowest BCUT2D eigenvalue weighted by Gasteiger charge is -2.21. The van der Waals surface area contributed by atoms with Gasteiger partial charge in [0, 0.05) is 23.9 Å². The second kappa shape index (κ2) is 13.7. The molecule has 4 aromatic rings. The van der Waals surface area contributed by atoms with Gasteiger partial charge in [-0.25, -0.2) is 4.79 Å². The molecule has 0 aliphatic heterocycles. The fourth-order valence-corrected chi connectivity index (χ4v) is 4.77. The molecule has 3 aromatic carbocycles. The van der Waals surface area contributed by atoms with Gasteiger partial charge in [-0.15, -0.1) is 12.4 Å². The van der Waals surface area contributed by atoms with Crippen LogP contribution in [0.5, 0.6) is 23.0 Å². The van der Waals surface area contributed by atoms with E-state index in [-0.39, 0.29) is 18.2 Å². The Hall–Kier alpha value is -3.99. The first-order chi connectivity index (χ1) is 18.5. The number of hydroxylamine groups is 1. The van der Waals surface area contributed by atoms with E-state index in [1.807, 2.05) is 42.5 Å². The quantitative estimate of drug-likeness (QED) is 0.227. The molecule has 0 atom stereocenters. The van der Waals surface area contributed by atoms with E-state index < -0.39 is 6.03 Å². The first kappa shape index (κ1) is 29.6. The molecule has 4 rings (SSSR count). The number of aromatic nitrogens is 1. The zero-order valence-electron chi connectivity index (χ0n) is 22.0. The topological polar surface area (TPSA) is 102 Å². The molecular formula is C28H30ClN3O6S. The number of rotatable bonds is 10. The van der Waals surface area contributed by atoms with Crippen molar-refractivity contribution in [3.63, 3.8) is 0 Å². The predicted molar refractivity (Wildman–Crippen MR) is 155 cm³/mol. The fraction of sp³-hybridized carbons (Fsp3) is 0.214. The summed E-state index contributed by atoms with van der Waals surface area (Å²) >= 11 is 1.34. The average molecular weight is 572 g/mol. The Morgan fingerprint density at radius 2 is 1.64 bits per heavy atom. The third-order valence-electron chi connectivity index (χ3n) is 5.88. The first-order valence-corrected chi connectivity index (χ1v) is 12.5. The molecule has 9 nitrogen and oxygen atoms in total. The maximum Gasteiger partial charge on any atom is 0.346 e. The average Bonchev–Trinajstić information content (AvgIpc) is 3.44. The SMILES string of the molecule is COc1cc(-c2sncc2-c2cccc(N(OC)C(=O)NCCc3ccc(O)cc3)c2)cc(OC)c1OC.Cl. The Labute approximate surface area is 237 Å². The van der Waals surface area contributed by atoms with Gasteiger partial charge in [0.1, 0.15) is 5.75 Å². The normalized spacial score (nSPS) is 10.4. The van der Waals surface area contributed by atoms with Crippen LogP contribution in [0, 0.1) is 0 Å². The summed E-state index contributed by atoms with van der Waals surface area (Å²) in [5.41, 5.74) is 4.17. The number of anilines is 1. The third kappa shape index (κ3) is 6.72. The monoisotopic (exact) mass is 571 g/mol. The summed E-state index contributed by atoms with van der Waals surface area (Å²) in [6, 6.07) is 17.7. The molecule has 0 aliphatic rings. The number of nitrogens with zero attached hydrogens (tertiary/aromatic N) is 2. The summed E-state index contributed by atoms with van der Waals surface area (Å²) in [6.07, 6.45) is 2.40. The van der Waals surface area contributed by atoms with E-state index in [1.54, 1.807) is 45.7 Å². The van der Waals surface area contributed by atoms with Crippen LogP contribution < -0.4 is 24.6 Å². The minimum Gasteiger partial charge on any atom is -0.508 e. The van der Waals surface area contributed by atoms with Crippen LogP contribution in [0.15, 0.2) is 66.9 Å². The van der Waals surface area contributed by atoms with E-state index in [4.69, 9.17) is 19.0 Å². The predicted octanol–water partition coefficient (Wildman–Crippen LogP) is 5.95. The number of hydrogen-bond donors (Lipinski definition) is 2. The van der Waals surface area contributed by atoms with Crippen molar-refractivity contribution in [2.75, 3.05) is 40.0 Å². The van der Waals surface area contributed by atoms with Crippen molar-refractivity contribution in [2.45, 2.75) is 6.42 Å². The number of urea groups is 1. The second-order valence-corrected chi connectivity index (χ2v) is 8.96. The van der Waals surface area contributed by atoms with Crippen molar-refractivity contribution in [1.82, 2.24) is 9.69 Å². The smallest absolute Gasteiger partial charge is 0.346 e. The highest BCUT2D eigenvalue weighted by Crippen LogP contribution is 2.44. The highest BCUT2D eigenvalue weighted by molar-refractivity contribution is 7.10. The number of phenolic OH excluding ortho intramolecular Hbond substituents is 1. The Bertz CT molecular complexity index is 1370. The van der Waals surface area contributed by atoms with Gasteiger partial charge in [-0.05, 0) is 65.5 Å². The van der Waals surface area contributed by atoms with Crippen molar-refractivity contribution in [2.24, 2.45) is 0 Å². The summed E-state index contributed by atoms with van der Waals surface area (Å²) < 4.78 is 20.9. The molecule has 0 spiro atoms. The standard InChI is InChI=1S/C28H29N3O6S.ClH/c1-34-24-15-20(16-25(35-2)26(24)36-3)27-23(17-30-38-27)19-6-5-7-21(14-19)31(37-4)28(33)29-13-12-18-8-10-22(32)11-9-18;/h5-11,14-17,32H,12-13H2,1-4H3,(H,29,33);1H. The van der Waals surface area contributed by atoms with Gasteiger partial charge >= 0.3 is 6.03 Å². The molecule has 2 N–H and O–H groups in total. The van der Waals surface area contributed by atoms with Crippen molar-refractivity contribution in [1.29, 1.82) is 0 Å². The summed E-state index contributed by atoms with van der Waals surface area (Å²) in [6.45, 7) is 0.406. The summed E-state index contributed by atoms with van der Waals surface area (Å²) in [5, 5.41) is 13.5. The molecule has 0 fully saturated rings. The molecule has 1 aromatic heterocycles. The molecule has 0 saturated heterocycles. The highest BCUT2D eigenvalue weighted by Gasteiger charge is 2.20. The minimum absolute atomic E-state index is 0. The lowest BCUT2D eigenvalue weighted by Crippen LogP contribution is -2.40. The summed E-state index contributed by atoms with van der Waals surface area (Å²) in [4.78, 5) is 19.2. The zero-order valence-corrected chi connectivity index (χ0v) is 23.6. The molecule has 11 heteroatoms. The van der Waals surface area contributed by atoms with Gasteiger partial charge in [0.25, 0.3) is 0 Å². The van der Waals surface area contributed by atoms with Crippen LogP contribution in [-0.2, 0) is 11.3 Å². The van der Waals surface area contributed by atoms with Crippen LogP contribution in [0.3, 0.4) is 0 Å². The molecule has 0 saturated carbocycles. The van der Waals surface area contributed by atoms with Crippen LogP contribution in [0.1, 0.15) is 5.56 Å². The number of nitrogens with one attached hydrogen (secondary N) is 1. The number of phenols is 1. The van der Waals surface area contributed by atoms with Gasteiger partial charge in [-0.3, -0.25) is 4.84 Å². The zero-order chi connectivity index (χ0) is 27.1. The van der Waals surface area contributed by atoms with Crippen LogP contribution >= 0.6 is 23.9 Å². The van der Waals surface area contributed by atoms with Crippen molar-refractivity contribution >= 4 is 35.7 Å². The van der Waals surface area contributed by atoms with Crippen molar-refractivity contribution in [3.8, 4) is 44.6 Å². The number of hydrogen-bond acceptors (Lipinski definition) is 8. The van der Waals surface area contributed by atoms with Crippen LogP contribution in [0.4, 0.5) is 10.5 Å². The molecule has 39 heavy (non-hydrogen) atoms. The molecular weight excluding hydrogens is 542 g/mol. The Morgan fingerprint density at radius 3 is 2.26 bits per heavy atom. The van der Waals surface area contributed by atoms with Crippen LogP contribution in [-0.4, -0.2) is 50.5 Å². The number of ether oxygens (including phenoxy) is 3. The number of carbonyl (C=O) groups is 1. The van der Waals surface area contributed by atoms with E-state index in [9.17, 15) is 9.90 Å². The van der Waals surface area contributed by atoms with Crippen molar-refractivity contribution < 1.29 is 28.9 Å². The molecule has 0 bridgehead atoms. The molecule has 0 aliphatic carbocycles. The van der Waals surface area contributed by atoms with Gasteiger partial charge < -0.3 is 24.6 Å². The Morgan fingerprint density at radius 1 is 0.949 bits per heavy atom. The van der Waals surface area contributed by atoms with Gasteiger partial charge in [0.05, 0.1) is 39.0 Å². The van der Waals surface area contributed by atoms with E-state index >= 15 is 0 Å². The molecule has 206 valence electrons. The maximum absolute atomic E-state index is 12.9. The Balaban J connectivity index is 0.00000420. The molecule has 0 radical (unpaired) electrons. The van der Waals surface area contributed by atoms with Crippen LogP contribution in [0.25, 0.3) is 21.6 Å². The van der Waals surface area contributed by atoms with Crippen LogP contribution in [0.2, 0.25) is 0 Å². The van der Waals surface area contributed by atoms with E-state index in [0.717, 1.165) is 27.1 Å². The van der Waals surface area contributed by atoms with Gasteiger partial charge in [-0.2, -0.15) is 9.44 Å². The maximum atomic E-state index is 12.9. The number of amides is 2. The lowest BCUT2D eigenvalue weighted by atomic mass is 10.0. The largest absolute Gasteiger partial charge is 0.508 e. The van der Waals surface area contributed by atoms with Gasteiger partial charge in [-0.1, -0.05) is 24.3 Å². The van der Waals surface area contributed by atoms with E-state index in [0.29, 0.717) is 35.9 Å². The fourth-order valence-electron chi connectivity index (χ4n) is 4.02. The molecule has 0 unspecified atom stereocenters. The number of carbonyl (C=O) groups excluding carboxylic acids is 1. The summed E-state index contributed by atoms with van der Waals surface area (Å²) in [5.74, 6) is 1.81. The number of methoxy groups -OCH3 is 3. The highest BCUT2D eigenvalue weighted by atomic mass is 35.5. The number of benzene rings is 3. The first-order valence-electron chi connectivity index (χ1n) is 11.7. The number of aromatic hydroxyl groups is 1. The lowest BCUT2D eigenvalue weighted by molar-refractivity contribution is 0.163. The number of halogens is 1. The summed E-state index contributed by atoms with van der Waals surface area (Å²) in [7, 11) is 6.16. The van der Waals surface area contributed by atoms with E-state index in [1.165, 1.54) is 23.7 Å².